The molecule has 6 nitrogen and oxygen atoms in total. The summed E-state index contributed by atoms with van der Waals surface area (Å²) in [6.45, 7) is 1.76. The summed E-state index contributed by atoms with van der Waals surface area (Å²) in [5, 5.41) is 3.31. The zero-order chi connectivity index (χ0) is 15.2. The van der Waals surface area contributed by atoms with E-state index in [-0.39, 0.29) is 11.5 Å². The summed E-state index contributed by atoms with van der Waals surface area (Å²) >= 11 is 1.34. The lowest BCUT2D eigenvalue weighted by Gasteiger charge is -2.05. The van der Waals surface area contributed by atoms with Crippen LogP contribution in [0.25, 0.3) is 0 Å². The average molecular weight is 304 g/mol. The van der Waals surface area contributed by atoms with E-state index in [0.29, 0.717) is 34.4 Å². The average Bonchev–Trinajstić information content (AvgIpc) is 2.40. The van der Waals surface area contributed by atoms with Crippen LogP contribution >= 0.6 is 11.8 Å². The van der Waals surface area contributed by atoms with Crippen LogP contribution in [0.2, 0.25) is 0 Å². The maximum Gasteiger partial charge on any atom is 0.251 e. The first-order chi connectivity index (χ1) is 10.0. The standard InChI is InChI=1S/C14H16N4O2S/c1-9-8-13(20)18-14(16-9)21-7-6-12(19)17-11-4-2-10(15)3-5-11/h2-5,8H,6-7,15H2,1H3,(H,17,19)(H,16,18,20). The molecule has 1 aromatic carbocycles. The van der Waals surface area contributed by atoms with E-state index < -0.39 is 0 Å². The highest BCUT2D eigenvalue weighted by molar-refractivity contribution is 7.99. The van der Waals surface area contributed by atoms with E-state index in [1.807, 2.05) is 0 Å². The van der Waals surface area contributed by atoms with Gasteiger partial charge in [-0.15, -0.1) is 0 Å². The van der Waals surface area contributed by atoms with E-state index in [2.05, 4.69) is 15.3 Å². The molecule has 0 aliphatic heterocycles. The van der Waals surface area contributed by atoms with Crippen molar-refractivity contribution >= 4 is 29.0 Å². The summed E-state index contributed by atoms with van der Waals surface area (Å²) < 4.78 is 0. The summed E-state index contributed by atoms with van der Waals surface area (Å²) in [6, 6.07) is 8.38. The van der Waals surface area contributed by atoms with Crippen LogP contribution in [0.3, 0.4) is 0 Å². The van der Waals surface area contributed by atoms with Crippen molar-refractivity contribution in [3.8, 4) is 0 Å². The molecule has 2 aromatic rings. The number of benzene rings is 1. The number of carbonyl (C=O) groups excluding carboxylic acids is 1. The molecule has 0 unspecified atom stereocenters. The minimum absolute atomic E-state index is 0.0951. The van der Waals surface area contributed by atoms with E-state index in [4.69, 9.17) is 5.73 Å². The Morgan fingerprint density at radius 3 is 2.76 bits per heavy atom. The van der Waals surface area contributed by atoms with Crippen molar-refractivity contribution in [2.24, 2.45) is 0 Å². The molecule has 0 atom stereocenters. The number of nitrogens with zero attached hydrogens (tertiary/aromatic N) is 1. The molecule has 4 N–H and O–H groups in total. The number of carbonyl (C=O) groups is 1. The van der Waals surface area contributed by atoms with Gasteiger partial charge in [0, 0.05) is 35.3 Å². The molecule has 110 valence electrons. The molecule has 2 rings (SSSR count). The van der Waals surface area contributed by atoms with Gasteiger partial charge in [0.1, 0.15) is 0 Å². The maximum absolute atomic E-state index is 11.8. The number of rotatable bonds is 5. The van der Waals surface area contributed by atoms with Gasteiger partial charge in [-0.25, -0.2) is 4.98 Å². The van der Waals surface area contributed by atoms with E-state index in [1.54, 1.807) is 31.2 Å². The van der Waals surface area contributed by atoms with Crippen molar-refractivity contribution < 1.29 is 4.79 Å². The fourth-order valence-electron chi connectivity index (χ4n) is 1.65. The van der Waals surface area contributed by atoms with Gasteiger partial charge in [0.2, 0.25) is 5.91 Å². The van der Waals surface area contributed by atoms with Gasteiger partial charge in [0.15, 0.2) is 5.16 Å². The first-order valence-electron chi connectivity index (χ1n) is 6.39. The largest absolute Gasteiger partial charge is 0.399 e. The number of amides is 1. The molecule has 0 saturated carbocycles. The monoisotopic (exact) mass is 304 g/mol. The van der Waals surface area contributed by atoms with Crippen molar-refractivity contribution in [1.29, 1.82) is 0 Å². The van der Waals surface area contributed by atoms with E-state index in [0.717, 1.165) is 0 Å². The Kier molecular flexibility index (Phi) is 4.99. The van der Waals surface area contributed by atoms with Crippen LogP contribution < -0.4 is 16.6 Å². The molecule has 1 amide bonds. The number of anilines is 2. The summed E-state index contributed by atoms with van der Waals surface area (Å²) in [6.07, 6.45) is 0.326. The van der Waals surface area contributed by atoms with Gasteiger partial charge in [-0.3, -0.25) is 9.59 Å². The summed E-state index contributed by atoms with van der Waals surface area (Å²) in [5.74, 6) is 0.440. The maximum atomic E-state index is 11.8. The predicted octanol–water partition coefficient (Wildman–Crippen LogP) is 1.78. The van der Waals surface area contributed by atoms with Gasteiger partial charge in [-0.1, -0.05) is 11.8 Å². The summed E-state index contributed by atoms with van der Waals surface area (Å²) in [7, 11) is 0. The van der Waals surface area contributed by atoms with Crippen molar-refractivity contribution in [3.63, 3.8) is 0 Å². The number of H-pyrrole nitrogens is 1. The quantitative estimate of drug-likeness (QED) is 0.444. The van der Waals surface area contributed by atoms with Crippen LogP contribution in [0.4, 0.5) is 11.4 Å². The van der Waals surface area contributed by atoms with E-state index in [9.17, 15) is 9.59 Å². The molecule has 0 aliphatic rings. The zero-order valence-corrected chi connectivity index (χ0v) is 12.4. The molecule has 0 saturated heterocycles. The minimum Gasteiger partial charge on any atom is -0.399 e. The van der Waals surface area contributed by atoms with Crippen LogP contribution in [0.5, 0.6) is 0 Å². The number of aryl methyl sites for hydroxylation is 1. The van der Waals surface area contributed by atoms with E-state index in [1.165, 1.54) is 17.8 Å². The molecule has 0 bridgehead atoms. The van der Waals surface area contributed by atoms with Gasteiger partial charge in [0.25, 0.3) is 5.56 Å². The molecule has 21 heavy (non-hydrogen) atoms. The van der Waals surface area contributed by atoms with E-state index >= 15 is 0 Å². The summed E-state index contributed by atoms with van der Waals surface area (Å²) in [4.78, 5) is 29.9. The Morgan fingerprint density at radius 2 is 2.10 bits per heavy atom. The lowest BCUT2D eigenvalue weighted by molar-refractivity contribution is -0.115. The van der Waals surface area contributed by atoms with Gasteiger partial charge < -0.3 is 16.0 Å². The Labute approximate surface area is 126 Å². The molecule has 0 aliphatic carbocycles. The third kappa shape index (κ3) is 4.96. The van der Waals surface area contributed by atoms with Gasteiger partial charge in [-0.05, 0) is 31.2 Å². The minimum atomic E-state index is -0.184. The molecular weight excluding hydrogens is 288 g/mol. The van der Waals surface area contributed by atoms with Crippen molar-refractivity contribution in [2.75, 3.05) is 16.8 Å². The topological polar surface area (TPSA) is 101 Å². The lowest BCUT2D eigenvalue weighted by atomic mass is 10.3. The second-order valence-electron chi connectivity index (χ2n) is 4.46. The number of nitrogens with one attached hydrogen (secondary N) is 2. The first-order valence-corrected chi connectivity index (χ1v) is 7.37. The summed E-state index contributed by atoms with van der Waals surface area (Å²) in [5.41, 5.74) is 7.41. The van der Waals surface area contributed by atoms with Gasteiger partial charge >= 0.3 is 0 Å². The number of nitrogen functional groups attached to an aromatic ring is 1. The number of nitrogens with two attached hydrogens (primary N) is 1. The third-order valence-corrected chi connectivity index (χ3v) is 3.49. The Bertz CT molecular complexity index is 682. The molecule has 0 fully saturated rings. The predicted molar refractivity (Wildman–Crippen MR) is 84.4 cm³/mol. The van der Waals surface area contributed by atoms with Gasteiger partial charge in [-0.2, -0.15) is 0 Å². The molecule has 0 spiro atoms. The number of aromatic nitrogens is 2. The number of aromatic amines is 1. The van der Waals surface area contributed by atoms with Crippen molar-refractivity contribution in [3.05, 3.63) is 46.4 Å². The first kappa shape index (κ1) is 15.1. The van der Waals surface area contributed by atoms with Crippen LogP contribution in [0.15, 0.2) is 40.3 Å². The third-order valence-electron chi connectivity index (χ3n) is 2.61. The smallest absolute Gasteiger partial charge is 0.251 e. The van der Waals surface area contributed by atoms with Crippen LogP contribution in [0.1, 0.15) is 12.1 Å². The fourth-order valence-corrected chi connectivity index (χ4v) is 2.51. The van der Waals surface area contributed by atoms with Gasteiger partial charge in [0.05, 0.1) is 0 Å². The second kappa shape index (κ2) is 6.94. The SMILES string of the molecule is Cc1cc(=O)[nH]c(SCCC(=O)Nc2ccc(N)cc2)n1. The highest BCUT2D eigenvalue weighted by Crippen LogP contribution is 2.14. The van der Waals surface area contributed by atoms with Crippen LogP contribution in [0, 0.1) is 6.92 Å². The Hall–Kier alpha value is -2.28. The molecule has 1 aromatic heterocycles. The number of thioether (sulfide) groups is 1. The second-order valence-corrected chi connectivity index (χ2v) is 5.54. The highest BCUT2D eigenvalue weighted by Gasteiger charge is 2.04. The normalized spacial score (nSPS) is 10.3. The highest BCUT2D eigenvalue weighted by atomic mass is 32.2. The van der Waals surface area contributed by atoms with Crippen molar-refractivity contribution in [1.82, 2.24) is 9.97 Å². The van der Waals surface area contributed by atoms with Crippen LogP contribution in [-0.2, 0) is 4.79 Å². The van der Waals surface area contributed by atoms with Crippen molar-refractivity contribution in [2.45, 2.75) is 18.5 Å². The molecule has 0 radical (unpaired) electrons. The zero-order valence-electron chi connectivity index (χ0n) is 11.6. The molecular formula is C14H16N4O2S. The Morgan fingerprint density at radius 1 is 1.38 bits per heavy atom. The Balaban J connectivity index is 1.81. The number of hydrogen-bond donors (Lipinski definition) is 3. The molecule has 1 heterocycles. The fraction of sp³-hybridized carbons (Fsp3) is 0.214. The lowest BCUT2D eigenvalue weighted by Crippen LogP contribution is -2.13. The molecule has 7 heteroatoms. The van der Waals surface area contributed by atoms with Crippen LogP contribution in [-0.4, -0.2) is 21.6 Å². The number of hydrogen-bond acceptors (Lipinski definition) is 5.